The highest BCUT2D eigenvalue weighted by atomic mass is 16.7. The van der Waals surface area contributed by atoms with Crippen molar-refractivity contribution in [2.45, 2.75) is 274 Å². The minimum absolute atomic E-state index is 0.248. The Hall–Kier alpha value is -1.41. The van der Waals surface area contributed by atoms with Gasteiger partial charge >= 0.3 is 0 Å². The van der Waals surface area contributed by atoms with E-state index in [0.717, 1.165) is 38.5 Å². The number of amides is 1. The molecular formula is C50H95NO10. The third-order valence-electron chi connectivity index (χ3n) is 12.2. The van der Waals surface area contributed by atoms with Gasteiger partial charge in [-0.15, -0.1) is 0 Å². The van der Waals surface area contributed by atoms with Gasteiger partial charge in [0.05, 0.1) is 25.4 Å². The average Bonchev–Trinajstić information content (AvgIpc) is 3.26. The molecule has 0 spiro atoms. The van der Waals surface area contributed by atoms with E-state index in [1.165, 1.54) is 135 Å². The lowest BCUT2D eigenvalue weighted by molar-refractivity contribution is -0.303. The molecule has 8 N–H and O–H groups in total. The fourth-order valence-corrected chi connectivity index (χ4v) is 8.05. The van der Waals surface area contributed by atoms with Crippen molar-refractivity contribution >= 4 is 5.91 Å². The lowest BCUT2D eigenvalue weighted by Gasteiger charge is -2.40. The summed E-state index contributed by atoms with van der Waals surface area (Å²) in [4.78, 5) is 13.1. The summed E-state index contributed by atoms with van der Waals surface area (Å²) in [5.41, 5.74) is 0. The predicted octanol–water partition coefficient (Wildman–Crippen LogP) is 9.01. The van der Waals surface area contributed by atoms with Crippen LogP contribution in [0.4, 0.5) is 0 Å². The second-order valence-electron chi connectivity index (χ2n) is 17.9. The molecule has 0 radical (unpaired) electrons. The molecule has 9 atom stereocenters. The number of carbonyl (C=O) groups excluding carboxylic acids is 1. The zero-order chi connectivity index (χ0) is 44.8. The number of hydrogen-bond donors (Lipinski definition) is 8. The monoisotopic (exact) mass is 870 g/mol. The molecule has 0 bridgehead atoms. The highest BCUT2D eigenvalue weighted by Gasteiger charge is 2.44. The topological polar surface area (TPSA) is 189 Å². The van der Waals surface area contributed by atoms with E-state index >= 15 is 0 Å². The molecule has 1 rings (SSSR count). The molecule has 1 fully saturated rings. The van der Waals surface area contributed by atoms with Gasteiger partial charge in [-0.25, -0.2) is 0 Å². The summed E-state index contributed by atoms with van der Waals surface area (Å²) < 4.78 is 11.1. The summed E-state index contributed by atoms with van der Waals surface area (Å²) in [7, 11) is 0. The maximum absolute atomic E-state index is 13.1. The Labute approximate surface area is 372 Å². The molecule has 0 aromatic heterocycles. The van der Waals surface area contributed by atoms with Crippen LogP contribution < -0.4 is 5.32 Å². The number of ether oxygens (including phenoxy) is 2. The smallest absolute Gasteiger partial charge is 0.249 e. The van der Waals surface area contributed by atoms with Crippen LogP contribution in [0.25, 0.3) is 0 Å². The molecule has 0 saturated carbocycles. The highest BCUT2D eigenvalue weighted by Crippen LogP contribution is 2.23. The van der Waals surface area contributed by atoms with Crippen LogP contribution >= 0.6 is 0 Å². The van der Waals surface area contributed by atoms with Crippen molar-refractivity contribution in [3.8, 4) is 0 Å². The summed E-state index contributed by atoms with van der Waals surface area (Å²) in [6.07, 6.45) is 33.9. The lowest BCUT2D eigenvalue weighted by Crippen LogP contribution is -2.60. The normalized spacial score (nSPS) is 21.6. The third-order valence-corrected chi connectivity index (χ3v) is 12.2. The molecule has 1 heterocycles. The fraction of sp³-hybridized carbons (Fsp3) is 0.900. The van der Waals surface area contributed by atoms with Gasteiger partial charge in [-0.05, 0) is 51.4 Å². The van der Waals surface area contributed by atoms with Gasteiger partial charge in [-0.2, -0.15) is 0 Å². The average molecular weight is 870 g/mol. The first-order valence-corrected chi connectivity index (χ1v) is 25.2. The molecule has 360 valence electrons. The predicted molar refractivity (Wildman–Crippen MR) is 247 cm³/mol. The Morgan fingerprint density at radius 2 is 0.984 bits per heavy atom. The second-order valence-corrected chi connectivity index (χ2v) is 17.9. The van der Waals surface area contributed by atoms with E-state index in [-0.39, 0.29) is 12.8 Å². The van der Waals surface area contributed by atoms with Crippen LogP contribution in [0.3, 0.4) is 0 Å². The van der Waals surface area contributed by atoms with Crippen LogP contribution in [-0.4, -0.2) is 110 Å². The van der Waals surface area contributed by atoms with Crippen molar-refractivity contribution in [3.63, 3.8) is 0 Å². The van der Waals surface area contributed by atoms with Gasteiger partial charge in [0, 0.05) is 0 Å². The highest BCUT2D eigenvalue weighted by molar-refractivity contribution is 5.80. The maximum atomic E-state index is 13.1. The molecule has 1 amide bonds. The first-order valence-electron chi connectivity index (χ1n) is 25.2. The Bertz CT molecular complexity index is 1040. The number of unbranched alkanes of at least 4 members (excludes halogenated alkanes) is 26. The van der Waals surface area contributed by atoms with Crippen molar-refractivity contribution in [2.24, 2.45) is 0 Å². The van der Waals surface area contributed by atoms with Crippen molar-refractivity contribution in [2.75, 3.05) is 13.2 Å². The second kappa shape index (κ2) is 40.1. The molecule has 0 aliphatic carbocycles. The van der Waals surface area contributed by atoms with E-state index < -0.39 is 74.2 Å². The molecule has 0 aromatic carbocycles. The minimum atomic E-state index is -1.67. The van der Waals surface area contributed by atoms with E-state index in [1.807, 2.05) is 0 Å². The van der Waals surface area contributed by atoms with Crippen LogP contribution in [-0.2, 0) is 14.3 Å². The number of hydrogen-bond acceptors (Lipinski definition) is 10. The van der Waals surface area contributed by atoms with Crippen LogP contribution in [0.2, 0.25) is 0 Å². The minimum Gasteiger partial charge on any atom is -0.394 e. The molecule has 11 nitrogen and oxygen atoms in total. The SMILES string of the molecule is CCCCCCCCCCCCCCCC/C=C/CC/C=C/CCCC(O)C(O)C(COC1OC(CO)C(O)C(O)C1O)NC(=O)C(O)CCCCCCCCCCCCC. The first-order chi connectivity index (χ1) is 29.7. The third kappa shape index (κ3) is 29.6. The molecule has 0 aromatic rings. The molecule has 9 unspecified atom stereocenters. The Morgan fingerprint density at radius 3 is 1.46 bits per heavy atom. The molecule has 1 aliphatic heterocycles. The van der Waals surface area contributed by atoms with E-state index in [2.05, 4.69) is 43.5 Å². The number of rotatable bonds is 42. The molecule has 1 saturated heterocycles. The van der Waals surface area contributed by atoms with Gasteiger partial charge < -0.3 is 50.5 Å². The van der Waals surface area contributed by atoms with Gasteiger partial charge in [0.25, 0.3) is 0 Å². The largest absolute Gasteiger partial charge is 0.394 e. The lowest BCUT2D eigenvalue weighted by atomic mass is 9.98. The van der Waals surface area contributed by atoms with Crippen LogP contribution in [0.1, 0.15) is 219 Å². The van der Waals surface area contributed by atoms with Crippen molar-refractivity contribution < 1.29 is 50.0 Å². The van der Waals surface area contributed by atoms with Gasteiger partial charge in [-0.1, -0.05) is 192 Å². The summed E-state index contributed by atoms with van der Waals surface area (Å²) >= 11 is 0. The van der Waals surface area contributed by atoms with Crippen LogP contribution in [0, 0.1) is 0 Å². The Kier molecular flexibility index (Phi) is 37.9. The molecular weight excluding hydrogens is 775 g/mol. The molecule has 11 heteroatoms. The molecule has 61 heavy (non-hydrogen) atoms. The van der Waals surface area contributed by atoms with Crippen LogP contribution in [0.15, 0.2) is 24.3 Å². The van der Waals surface area contributed by atoms with Gasteiger partial charge in [0.1, 0.15) is 36.6 Å². The molecule has 1 aliphatic rings. The van der Waals surface area contributed by atoms with E-state index in [0.29, 0.717) is 19.3 Å². The summed E-state index contributed by atoms with van der Waals surface area (Å²) in [5.74, 6) is -0.711. The number of nitrogens with one attached hydrogen (secondary N) is 1. The van der Waals surface area contributed by atoms with E-state index in [1.54, 1.807) is 0 Å². The summed E-state index contributed by atoms with van der Waals surface area (Å²) in [6.45, 7) is 3.42. The quantitative estimate of drug-likeness (QED) is 0.0217. The fourth-order valence-electron chi connectivity index (χ4n) is 8.05. The van der Waals surface area contributed by atoms with Gasteiger partial charge in [-0.3, -0.25) is 4.79 Å². The number of carbonyl (C=O) groups is 1. The summed E-state index contributed by atoms with van der Waals surface area (Å²) in [6, 6.07) is -1.19. The number of aliphatic hydroxyl groups is 7. The van der Waals surface area contributed by atoms with Gasteiger partial charge in [0.2, 0.25) is 5.91 Å². The zero-order valence-electron chi connectivity index (χ0n) is 38.9. The Morgan fingerprint density at radius 1 is 0.557 bits per heavy atom. The van der Waals surface area contributed by atoms with Gasteiger partial charge in [0.15, 0.2) is 6.29 Å². The standard InChI is InChI=1S/C50H95NO10/c1-3-5-7-9-11-13-15-16-17-18-19-20-21-22-23-24-25-26-28-29-31-33-35-37-42(53)45(55)41(40-60-50-48(58)47(57)46(56)44(39-52)61-50)51-49(59)43(54)38-36-34-32-30-27-14-12-10-8-6-4-2/h24-25,29,31,41-48,50,52-58H,3-23,26-28,30,32-40H2,1-2H3,(H,51,59)/b25-24+,31-29+. The summed E-state index contributed by atoms with van der Waals surface area (Å²) in [5, 5.41) is 75.7. The number of allylic oxidation sites excluding steroid dienone is 4. The number of aliphatic hydroxyl groups excluding tert-OH is 7. The maximum Gasteiger partial charge on any atom is 0.249 e. The van der Waals surface area contributed by atoms with E-state index in [9.17, 15) is 40.5 Å². The first kappa shape index (κ1) is 57.6. The van der Waals surface area contributed by atoms with Crippen molar-refractivity contribution in [1.82, 2.24) is 5.32 Å². The van der Waals surface area contributed by atoms with Crippen molar-refractivity contribution in [3.05, 3.63) is 24.3 Å². The van der Waals surface area contributed by atoms with Crippen LogP contribution in [0.5, 0.6) is 0 Å². The van der Waals surface area contributed by atoms with E-state index in [4.69, 9.17) is 9.47 Å². The zero-order valence-corrected chi connectivity index (χ0v) is 38.9. The Balaban J connectivity index is 2.39. The van der Waals surface area contributed by atoms with Crippen molar-refractivity contribution in [1.29, 1.82) is 0 Å².